The van der Waals surface area contributed by atoms with E-state index in [-0.39, 0.29) is 0 Å². The van der Waals surface area contributed by atoms with E-state index in [2.05, 4.69) is 181 Å². The Balaban J connectivity index is 1.50. The van der Waals surface area contributed by atoms with Crippen LogP contribution in [0.2, 0.25) is 0 Å². The van der Waals surface area contributed by atoms with E-state index in [1.807, 2.05) is 0 Å². The first-order valence-electron chi connectivity index (χ1n) is 15.3. The molecule has 1 unspecified atom stereocenters. The summed E-state index contributed by atoms with van der Waals surface area (Å²) in [5.41, 5.74) is 6.15. The van der Waals surface area contributed by atoms with Crippen molar-refractivity contribution < 1.29 is 0 Å². The van der Waals surface area contributed by atoms with Crippen molar-refractivity contribution in [3.05, 3.63) is 181 Å². The minimum atomic E-state index is -1.82. The molecule has 0 saturated heterocycles. The number of aromatic nitrogens is 1. The highest BCUT2D eigenvalue weighted by atomic mass is 32.3. The molecular formula is C42H33NS. The summed E-state index contributed by atoms with van der Waals surface area (Å²) in [5.74, 6) is 0. The molecule has 1 aliphatic carbocycles. The molecule has 7 aromatic rings. The van der Waals surface area contributed by atoms with Gasteiger partial charge < -0.3 is 4.57 Å². The van der Waals surface area contributed by atoms with E-state index >= 15 is 0 Å². The van der Waals surface area contributed by atoms with Crippen LogP contribution in [0.4, 0.5) is 0 Å². The van der Waals surface area contributed by atoms with E-state index in [0.717, 1.165) is 12.8 Å². The van der Waals surface area contributed by atoms with Crippen LogP contribution in [0, 0.1) is 0 Å². The summed E-state index contributed by atoms with van der Waals surface area (Å²) in [6, 6.07) is 58.1. The van der Waals surface area contributed by atoms with Crippen LogP contribution in [0.15, 0.2) is 196 Å². The summed E-state index contributed by atoms with van der Waals surface area (Å²) in [5, 5.41) is 2.64. The summed E-state index contributed by atoms with van der Waals surface area (Å²) in [6.45, 7) is 0. The molecule has 1 aliphatic rings. The van der Waals surface area contributed by atoms with Gasteiger partial charge in [0.1, 0.15) is 0 Å². The summed E-state index contributed by atoms with van der Waals surface area (Å²) < 4.78 is 2.44. The fourth-order valence-corrected chi connectivity index (χ4v) is 11.2. The lowest BCUT2D eigenvalue weighted by molar-refractivity contribution is 1.01. The molecule has 0 spiro atoms. The summed E-state index contributed by atoms with van der Waals surface area (Å²) in [7, 11) is -1.82. The smallest absolute Gasteiger partial charge is 0.0552 e. The largest absolute Gasteiger partial charge is 0.309 e. The van der Waals surface area contributed by atoms with Crippen LogP contribution >= 0.6 is 10.0 Å². The molecular weight excluding hydrogens is 551 g/mol. The lowest BCUT2D eigenvalue weighted by Gasteiger charge is -2.45. The lowest BCUT2D eigenvalue weighted by Crippen LogP contribution is -2.09. The molecule has 0 aliphatic heterocycles. The quantitative estimate of drug-likeness (QED) is 0.183. The highest BCUT2D eigenvalue weighted by Crippen LogP contribution is 2.76. The van der Waals surface area contributed by atoms with Gasteiger partial charge in [0.2, 0.25) is 0 Å². The maximum Gasteiger partial charge on any atom is 0.0552 e. The topological polar surface area (TPSA) is 4.93 Å². The molecule has 6 aromatic carbocycles. The molecule has 0 fully saturated rings. The second-order valence-corrected chi connectivity index (χ2v) is 14.4. The number of benzene rings is 6. The molecule has 1 heterocycles. The molecule has 0 bridgehead atoms. The molecule has 1 aromatic heterocycles. The molecule has 0 N–H and O–H groups in total. The summed E-state index contributed by atoms with van der Waals surface area (Å²) >= 11 is 0. The van der Waals surface area contributed by atoms with Crippen LogP contribution in [0.25, 0.3) is 38.6 Å². The van der Waals surface area contributed by atoms with Gasteiger partial charge in [-0.3, -0.25) is 0 Å². The number of hydrogen-bond donors (Lipinski definition) is 0. The van der Waals surface area contributed by atoms with Gasteiger partial charge in [0.05, 0.1) is 11.0 Å². The van der Waals surface area contributed by atoms with Crippen molar-refractivity contribution in [3.8, 4) is 16.8 Å². The second-order valence-electron chi connectivity index (χ2n) is 11.3. The predicted molar refractivity (Wildman–Crippen MR) is 188 cm³/mol. The minimum Gasteiger partial charge on any atom is -0.309 e. The van der Waals surface area contributed by atoms with Crippen molar-refractivity contribution in [2.45, 2.75) is 27.5 Å². The van der Waals surface area contributed by atoms with Crippen molar-refractivity contribution in [2.75, 3.05) is 0 Å². The van der Waals surface area contributed by atoms with E-state index in [1.165, 1.54) is 58.2 Å². The summed E-state index contributed by atoms with van der Waals surface area (Å²) in [6.07, 6.45) is 9.08. The standard InChI is InChI=1S/C42H33NS/c1-5-16-32(17-6-1)33-28-30-37(31-29-33)44(35-20-9-3-10-21-35,36-22-11-4-12-23-36)41-27-15-26-40-42(41)38-24-13-14-25-39(38)43(40)34-18-7-2-8-19-34/h1-11,13-22,24-31H,12,23H2. The van der Waals surface area contributed by atoms with Crippen molar-refractivity contribution in [3.63, 3.8) is 0 Å². The first-order chi connectivity index (χ1) is 21.9. The van der Waals surface area contributed by atoms with Gasteiger partial charge in [-0.05, 0) is 83.5 Å². The minimum absolute atomic E-state index is 1.04. The van der Waals surface area contributed by atoms with Crippen LogP contribution in [0.3, 0.4) is 0 Å². The molecule has 2 heteroatoms. The highest BCUT2D eigenvalue weighted by molar-refractivity contribution is 8.37. The van der Waals surface area contributed by atoms with Gasteiger partial charge in [-0.25, -0.2) is 0 Å². The number of rotatable bonds is 6. The third-order valence-electron chi connectivity index (χ3n) is 8.78. The number of allylic oxidation sites excluding steroid dienone is 4. The van der Waals surface area contributed by atoms with Gasteiger partial charge in [-0.15, -0.1) is 10.0 Å². The van der Waals surface area contributed by atoms with Crippen LogP contribution in [0.5, 0.6) is 0 Å². The van der Waals surface area contributed by atoms with Crippen molar-refractivity contribution in [1.82, 2.24) is 4.57 Å². The Hall–Kier alpha value is -5.05. The monoisotopic (exact) mass is 583 g/mol. The SMILES string of the molecule is C1=CCCC(S(c2ccccc2)(c2ccc(-c3ccccc3)cc2)c2cccc3c2c2ccccc2n3-c2ccccc2)=C1. The molecule has 1 nitrogen and oxygen atoms in total. The van der Waals surface area contributed by atoms with Gasteiger partial charge in [0.15, 0.2) is 0 Å². The third kappa shape index (κ3) is 4.25. The van der Waals surface area contributed by atoms with Crippen molar-refractivity contribution in [2.24, 2.45) is 0 Å². The summed E-state index contributed by atoms with van der Waals surface area (Å²) in [4.78, 5) is 5.65. The molecule has 212 valence electrons. The van der Waals surface area contributed by atoms with Gasteiger partial charge in [0.25, 0.3) is 0 Å². The number of para-hydroxylation sites is 2. The van der Waals surface area contributed by atoms with E-state index in [0.29, 0.717) is 0 Å². The van der Waals surface area contributed by atoms with Crippen LogP contribution in [-0.4, -0.2) is 4.57 Å². The Kier molecular flexibility index (Phi) is 6.78. The highest BCUT2D eigenvalue weighted by Gasteiger charge is 2.37. The third-order valence-corrected chi connectivity index (χ3v) is 12.9. The van der Waals surface area contributed by atoms with E-state index < -0.39 is 10.0 Å². The Morgan fingerprint density at radius 3 is 1.84 bits per heavy atom. The van der Waals surface area contributed by atoms with Gasteiger partial charge in [-0.1, -0.05) is 121 Å². The zero-order valence-corrected chi connectivity index (χ0v) is 25.3. The van der Waals surface area contributed by atoms with Gasteiger partial charge in [0, 0.05) is 31.1 Å². The molecule has 44 heavy (non-hydrogen) atoms. The van der Waals surface area contributed by atoms with E-state index in [9.17, 15) is 0 Å². The number of fused-ring (bicyclic) bond motifs is 3. The predicted octanol–water partition coefficient (Wildman–Crippen LogP) is 12.0. The van der Waals surface area contributed by atoms with Crippen LogP contribution < -0.4 is 0 Å². The first-order valence-corrected chi connectivity index (χ1v) is 17.0. The van der Waals surface area contributed by atoms with Gasteiger partial charge in [-0.2, -0.15) is 0 Å². The molecule has 0 radical (unpaired) electrons. The van der Waals surface area contributed by atoms with Crippen molar-refractivity contribution >= 4 is 31.8 Å². The fraction of sp³-hybridized carbons (Fsp3) is 0.0476. The molecule has 0 amide bonds. The van der Waals surface area contributed by atoms with Crippen molar-refractivity contribution in [1.29, 1.82) is 0 Å². The van der Waals surface area contributed by atoms with Crippen LogP contribution in [-0.2, 0) is 0 Å². The molecule has 8 rings (SSSR count). The average Bonchev–Trinajstić information content (AvgIpc) is 3.46. The number of nitrogens with zero attached hydrogens (tertiary/aromatic N) is 1. The maximum absolute atomic E-state index is 2.44. The molecule has 1 atom stereocenters. The Labute approximate surface area is 260 Å². The van der Waals surface area contributed by atoms with Gasteiger partial charge >= 0.3 is 0 Å². The Morgan fingerprint density at radius 1 is 0.500 bits per heavy atom. The maximum atomic E-state index is 2.44. The zero-order chi connectivity index (χ0) is 29.3. The second kappa shape index (κ2) is 11.2. The normalized spacial score (nSPS) is 15.1. The first kappa shape index (κ1) is 26.6. The molecule has 0 saturated carbocycles. The average molecular weight is 584 g/mol. The zero-order valence-electron chi connectivity index (χ0n) is 24.5. The van der Waals surface area contributed by atoms with E-state index in [4.69, 9.17) is 0 Å². The lowest BCUT2D eigenvalue weighted by atomic mass is 10.1. The Bertz CT molecular complexity index is 2140. The number of hydrogen-bond acceptors (Lipinski definition) is 0. The van der Waals surface area contributed by atoms with Crippen LogP contribution in [0.1, 0.15) is 12.8 Å². The van der Waals surface area contributed by atoms with E-state index in [1.54, 1.807) is 0 Å². The Morgan fingerprint density at radius 2 is 1.11 bits per heavy atom. The fourth-order valence-electron chi connectivity index (χ4n) is 6.87.